The van der Waals surface area contributed by atoms with Crippen LogP contribution in [-0.4, -0.2) is 7.11 Å². The number of methoxy groups -OCH3 is 1. The molecular weight excluding hydrogens is 143 g/mol. The number of hydrogen-bond acceptors (Lipinski definition) is 1. The van der Waals surface area contributed by atoms with Crippen molar-refractivity contribution in [3.63, 3.8) is 0 Å². The highest BCUT2D eigenvalue weighted by molar-refractivity contribution is 5.23. The highest BCUT2D eigenvalue weighted by Gasteiger charge is 1.97. The Morgan fingerprint density at radius 2 is 2.18 bits per heavy atom. The molecule has 0 spiro atoms. The van der Waals surface area contributed by atoms with E-state index >= 15 is 0 Å². The molecule has 0 heterocycles. The Labute approximate surface area is 65.8 Å². The minimum absolute atomic E-state index is 0.162. The van der Waals surface area contributed by atoms with Crippen molar-refractivity contribution in [3.8, 4) is 0 Å². The Morgan fingerprint density at radius 3 is 2.73 bits per heavy atom. The first-order valence-corrected chi connectivity index (χ1v) is 3.48. The molecule has 1 aromatic carbocycles. The first kappa shape index (κ1) is 8.21. The first-order chi connectivity index (χ1) is 5.24. The van der Waals surface area contributed by atoms with Crippen molar-refractivity contribution in [2.24, 2.45) is 0 Å². The third kappa shape index (κ3) is 2.02. The lowest BCUT2D eigenvalue weighted by molar-refractivity contribution is 0.185. The maximum atomic E-state index is 12.7. The van der Waals surface area contributed by atoms with Crippen LogP contribution in [-0.2, 0) is 11.3 Å². The molecule has 0 radical (unpaired) electrons. The summed E-state index contributed by atoms with van der Waals surface area (Å²) < 4.78 is 17.6. The summed E-state index contributed by atoms with van der Waals surface area (Å²) in [4.78, 5) is 0. The number of hydrogen-bond donors (Lipinski definition) is 0. The molecule has 1 aromatic rings. The van der Waals surface area contributed by atoms with Gasteiger partial charge in [0.2, 0.25) is 0 Å². The maximum absolute atomic E-state index is 12.7. The predicted octanol–water partition coefficient (Wildman–Crippen LogP) is 2.28. The maximum Gasteiger partial charge on any atom is 0.126 e. The fourth-order valence-electron chi connectivity index (χ4n) is 0.963. The van der Waals surface area contributed by atoms with Crippen LogP contribution in [0.2, 0.25) is 0 Å². The Kier molecular flexibility index (Phi) is 2.60. The monoisotopic (exact) mass is 154 g/mol. The van der Waals surface area contributed by atoms with Gasteiger partial charge in [-0.25, -0.2) is 4.39 Å². The van der Waals surface area contributed by atoms with Crippen LogP contribution in [0.5, 0.6) is 0 Å². The smallest absolute Gasteiger partial charge is 0.126 e. The van der Waals surface area contributed by atoms with Crippen molar-refractivity contribution in [1.29, 1.82) is 0 Å². The van der Waals surface area contributed by atoms with E-state index in [1.165, 1.54) is 6.07 Å². The summed E-state index contributed by atoms with van der Waals surface area (Å²) in [6, 6.07) is 4.98. The van der Waals surface area contributed by atoms with Crippen molar-refractivity contribution in [2.45, 2.75) is 13.5 Å². The average molecular weight is 154 g/mol. The van der Waals surface area contributed by atoms with Gasteiger partial charge in [-0.05, 0) is 24.1 Å². The second kappa shape index (κ2) is 3.49. The fourth-order valence-corrected chi connectivity index (χ4v) is 0.963. The quantitative estimate of drug-likeness (QED) is 0.635. The summed E-state index contributed by atoms with van der Waals surface area (Å²) in [5, 5.41) is 0. The SMILES string of the molecule is COCc1ccc(F)c(C)c1. The van der Waals surface area contributed by atoms with Crippen molar-refractivity contribution in [3.05, 3.63) is 35.1 Å². The molecule has 0 aromatic heterocycles. The van der Waals surface area contributed by atoms with Crippen LogP contribution in [0.4, 0.5) is 4.39 Å². The molecular formula is C9H11FO. The second-order valence-electron chi connectivity index (χ2n) is 2.52. The van der Waals surface area contributed by atoms with Gasteiger partial charge in [0, 0.05) is 7.11 Å². The number of halogens is 1. The lowest BCUT2D eigenvalue weighted by Gasteiger charge is -2.00. The first-order valence-electron chi connectivity index (χ1n) is 3.48. The van der Waals surface area contributed by atoms with Crippen LogP contribution >= 0.6 is 0 Å². The van der Waals surface area contributed by atoms with Gasteiger partial charge in [0.25, 0.3) is 0 Å². The molecule has 0 N–H and O–H groups in total. The zero-order chi connectivity index (χ0) is 8.27. The van der Waals surface area contributed by atoms with Gasteiger partial charge in [0.05, 0.1) is 6.61 Å². The third-order valence-electron chi connectivity index (χ3n) is 1.53. The molecule has 2 heteroatoms. The van der Waals surface area contributed by atoms with Crippen LogP contribution < -0.4 is 0 Å². The largest absolute Gasteiger partial charge is 0.380 e. The Balaban J connectivity index is 2.86. The van der Waals surface area contributed by atoms with Crippen molar-refractivity contribution < 1.29 is 9.13 Å². The Hall–Kier alpha value is -0.890. The van der Waals surface area contributed by atoms with Gasteiger partial charge < -0.3 is 4.74 Å². The second-order valence-corrected chi connectivity index (χ2v) is 2.52. The van der Waals surface area contributed by atoms with Crippen molar-refractivity contribution in [1.82, 2.24) is 0 Å². The summed E-state index contributed by atoms with van der Waals surface area (Å²) in [5.41, 5.74) is 1.67. The van der Waals surface area contributed by atoms with Crippen LogP contribution in [0.25, 0.3) is 0 Å². The lowest BCUT2D eigenvalue weighted by atomic mass is 10.1. The van der Waals surface area contributed by atoms with Crippen LogP contribution in [0.15, 0.2) is 18.2 Å². The Bertz CT molecular complexity index is 245. The van der Waals surface area contributed by atoms with E-state index in [0.29, 0.717) is 12.2 Å². The fraction of sp³-hybridized carbons (Fsp3) is 0.333. The molecule has 0 saturated carbocycles. The van der Waals surface area contributed by atoms with Gasteiger partial charge in [-0.3, -0.25) is 0 Å². The van der Waals surface area contributed by atoms with Crippen LogP contribution in [0.1, 0.15) is 11.1 Å². The predicted molar refractivity (Wildman–Crippen MR) is 41.9 cm³/mol. The molecule has 0 amide bonds. The van der Waals surface area contributed by atoms with Gasteiger partial charge in [0.15, 0.2) is 0 Å². The Morgan fingerprint density at radius 1 is 1.45 bits per heavy atom. The molecule has 0 atom stereocenters. The van der Waals surface area contributed by atoms with Gasteiger partial charge in [-0.2, -0.15) is 0 Å². The topological polar surface area (TPSA) is 9.23 Å². The van der Waals surface area contributed by atoms with E-state index < -0.39 is 0 Å². The van der Waals surface area contributed by atoms with E-state index in [4.69, 9.17) is 4.74 Å². The number of benzene rings is 1. The normalized spacial score (nSPS) is 10.1. The highest BCUT2D eigenvalue weighted by Crippen LogP contribution is 2.09. The van der Waals surface area contributed by atoms with Gasteiger partial charge in [-0.15, -0.1) is 0 Å². The molecule has 0 bridgehead atoms. The van der Waals surface area contributed by atoms with Gasteiger partial charge in [-0.1, -0.05) is 12.1 Å². The minimum Gasteiger partial charge on any atom is -0.380 e. The molecule has 0 saturated heterocycles. The zero-order valence-electron chi connectivity index (χ0n) is 6.73. The highest BCUT2D eigenvalue weighted by atomic mass is 19.1. The van der Waals surface area contributed by atoms with Crippen molar-refractivity contribution in [2.75, 3.05) is 7.11 Å². The molecule has 0 aliphatic rings. The summed E-state index contributed by atoms with van der Waals surface area (Å²) in [6.07, 6.45) is 0. The number of ether oxygens (including phenoxy) is 1. The van der Waals surface area contributed by atoms with Gasteiger partial charge in [0.1, 0.15) is 5.82 Å². The summed E-state index contributed by atoms with van der Waals surface area (Å²) in [7, 11) is 1.62. The number of aryl methyl sites for hydroxylation is 1. The molecule has 1 nitrogen and oxygen atoms in total. The zero-order valence-corrected chi connectivity index (χ0v) is 6.73. The standard InChI is InChI=1S/C9H11FO/c1-7-5-8(6-11-2)3-4-9(7)10/h3-5H,6H2,1-2H3. The molecule has 60 valence electrons. The molecule has 1 rings (SSSR count). The van der Waals surface area contributed by atoms with Crippen LogP contribution in [0, 0.1) is 12.7 Å². The molecule has 0 unspecified atom stereocenters. The van der Waals surface area contributed by atoms with E-state index in [2.05, 4.69) is 0 Å². The van der Waals surface area contributed by atoms with E-state index in [0.717, 1.165) is 5.56 Å². The summed E-state index contributed by atoms with van der Waals surface area (Å²) in [5.74, 6) is -0.162. The third-order valence-corrected chi connectivity index (χ3v) is 1.53. The molecule has 0 aliphatic heterocycles. The lowest BCUT2D eigenvalue weighted by Crippen LogP contribution is -1.89. The van der Waals surface area contributed by atoms with E-state index in [1.807, 2.05) is 0 Å². The molecule has 0 aliphatic carbocycles. The molecule has 0 fully saturated rings. The summed E-state index contributed by atoms with van der Waals surface area (Å²) >= 11 is 0. The van der Waals surface area contributed by atoms with E-state index in [9.17, 15) is 4.39 Å². The van der Waals surface area contributed by atoms with E-state index in [-0.39, 0.29) is 5.82 Å². The number of rotatable bonds is 2. The van der Waals surface area contributed by atoms with Crippen molar-refractivity contribution >= 4 is 0 Å². The van der Waals surface area contributed by atoms with Gasteiger partial charge >= 0.3 is 0 Å². The average Bonchev–Trinajstić information content (AvgIpc) is 1.98. The molecule has 11 heavy (non-hydrogen) atoms. The van der Waals surface area contributed by atoms with Crippen LogP contribution in [0.3, 0.4) is 0 Å². The van der Waals surface area contributed by atoms with E-state index in [1.54, 1.807) is 26.2 Å². The summed E-state index contributed by atoms with van der Waals surface area (Å²) in [6.45, 7) is 2.29. The minimum atomic E-state index is -0.162.